The lowest BCUT2D eigenvalue weighted by Gasteiger charge is -2.34. The lowest BCUT2D eigenvalue weighted by atomic mass is 9.81. The zero-order chi connectivity index (χ0) is 15.5. The third-order valence-corrected chi connectivity index (χ3v) is 5.16. The van der Waals surface area contributed by atoms with Crippen molar-refractivity contribution in [2.75, 3.05) is 25.9 Å². The molecule has 2 N–H and O–H groups in total. The molecule has 0 aromatic heterocycles. The van der Waals surface area contributed by atoms with Crippen LogP contribution in [0.25, 0.3) is 0 Å². The van der Waals surface area contributed by atoms with Gasteiger partial charge in [0, 0.05) is 18.4 Å². The summed E-state index contributed by atoms with van der Waals surface area (Å²) in [5.74, 6) is -0.158. The van der Waals surface area contributed by atoms with Crippen LogP contribution in [0.3, 0.4) is 0 Å². The number of sulfone groups is 1. The fourth-order valence-corrected chi connectivity index (χ4v) is 3.09. The summed E-state index contributed by atoms with van der Waals surface area (Å²) in [5, 5.41) is 6.26. The summed E-state index contributed by atoms with van der Waals surface area (Å²) in [5.41, 5.74) is 0.619. The molecule has 0 bridgehead atoms. The summed E-state index contributed by atoms with van der Waals surface area (Å²) in [6.07, 6.45) is 3.24. The van der Waals surface area contributed by atoms with Crippen molar-refractivity contribution in [1.82, 2.24) is 10.6 Å². The Morgan fingerprint density at radius 3 is 2.27 bits per heavy atom. The van der Waals surface area contributed by atoms with E-state index in [2.05, 4.69) is 17.6 Å². The highest BCUT2D eigenvalue weighted by molar-refractivity contribution is 7.90. The van der Waals surface area contributed by atoms with Crippen LogP contribution in [0, 0.1) is 5.41 Å². The Bertz CT molecular complexity index is 608. The van der Waals surface area contributed by atoms with E-state index in [0.717, 1.165) is 32.2 Å². The molecule has 5 nitrogen and oxygen atoms in total. The third kappa shape index (κ3) is 4.97. The SMILES string of the molecule is CC1(CNC(=O)c2ccc(S(C)(=O)=O)cc2)CCNCC1.Cl. The molecule has 1 aromatic rings. The minimum absolute atomic E-state index is 0. The number of piperidine rings is 1. The van der Waals surface area contributed by atoms with Crippen LogP contribution in [-0.2, 0) is 9.84 Å². The van der Waals surface area contributed by atoms with Crippen LogP contribution in [0.5, 0.6) is 0 Å². The van der Waals surface area contributed by atoms with Gasteiger partial charge >= 0.3 is 0 Å². The van der Waals surface area contributed by atoms with Gasteiger partial charge in [-0.05, 0) is 55.6 Å². The number of carbonyl (C=O) groups excluding carboxylic acids is 1. The topological polar surface area (TPSA) is 75.3 Å². The molecule has 22 heavy (non-hydrogen) atoms. The van der Waals surface area contributed by atoms with Crippen molar-refractivity contribution in [1.29, 1.82) is 0 Å². The van der Waals surface area contributed by atoms with Crippen molar-refractivity contribution < 1.29 is 13.2 Å². The molecule has 124 valence electrons. The largest absolute Gasteiger partial charge is 0.351 e. The second-order valence-electron chi connectivity index (χ2n) is 6.04. The van der Waals surface area contributed by atoms with Crippen molar-refractivity contribution in [3.05, 3.63) is 29.8 Å². The Hall–Kier alpha value is -1.11. The zero-order valence-corrected chi connectivity index (χ0v) is 14.5. The predicted molar refractivity (Wildman–Crippen MR) is 89.3 cm³/mol. The molecule has 0 atom stereocenters. The molecular formula is C15H23ClN2O3S. The van der Waals surface area contributed by atoms with E-state index < -0.39 is 9.84 Å². The standard InChI is InChI=1S/C15H22N2O3S.ClH/c1-15(7-9-16-10-8-15)11-17-14(18)12-3-5-13(6-4-12)21(2,19)20;/h3-6,16H,7-11H2,1-2H3,(H,17,18);1H. The molecule has 1 heterocycles. The van der Waals surface area contributed by atoms with Gasteiger partial charge in [0.15, 0.2) is 9.84 Å². The molecule has 0 saturated carbocycles. The number of hydrogen-bond acceptors (Lipinski definition) is 4. The van der Waals surface area contributed by atoms with Gasteiger partial charge in [-0.3, -0.25) is 4.79 Å². The van der Waals surface area contributed by atoms with Crippen molar-refractivity contribution in [2.24, 2.45) is 5.41 Å². The molecule has 1 aliphatic rings. The summed E-state index contributed by atoms with van der Waals surface area (Å²) >= 11 is 0. The molecule has 1 fully saturated rings. The molecule has 2 rings (SSSR count). The Balaban J connectivity index is 0.00000242. The first kappa shape index (κ1) is 18.9. The maximum absolute atomic E-state index is 12.1. The van der Waals surface area contributed by atoms with Crippen molar-refractivity contribution in [3.63, 3.8) is 0 Å². The van der Waals surface area contributed by atoms with Crippen LogP contribution < -0.4 is 10.6 Å². The smallest absolute Gasteiger partial charge is 0.251 e. The normalized spacial score (nSPS) is 17.4. The monoisotopic (exact) mass is 346 g/mol. The summed E-state index contributed by atoms with van der Waals surface area (Å²) in [7, 11) is -3.22. The Kier molecular flexibility index (Phi) is 6.40. The van der Waals surface area contributed by atoms with E-state index in [-0.39, 0.29) is 28.6 Å². The molecule has 7 heteroatoms. The van der Waals surface area contributed by atoms with Crippen molar-refractivity contribution in [3.8, 4) is 0 Å². The molecular weight excluding hydrogens is 324 g/mol. The Morgan fingerprint density at radius 1 is 1.23 bits per heavy atom. The highest BCUT2D eigenvalue weighted by Gasteiger charge is 2.27. The highest BCUT2D eigenvalue weighted by atomic mass is 35.5. The fourth-order valence-electron chi connectivity index (χ4n) is 2.46. The van der Waals surface area contributed by atoms with Crippen LogP contribution in [0.4, 0.5) is 0 Å². The van der Waals surface area contributed by atoms with Crippen LogP contribution in [-0.4, -0.2) is 40.2 Å². The van der Waals surface area contributed by atoms with Gasteiger partial charge in [0.25, 0.3) is 5.91 Å². The summed E-state index contributed by atoms with van der Waals surface area (Å²) in [6.45, 7) is 4.78. The average Bonchev–Trinajstić information content (AvgIpc) is 2.45. The van der Waals surface area contributed by atoms with Crippen LogP contribution in [0.1, 0.15) is 30.1 Å². The van der Waals surface area contributed by atoms with Gasteiger partial charge in [-0.2, -0.15) is 0 Å². The molecule has 0 unspecified atom stereocenters. The molecule has 0 spiro atoms. The van der Waals surface area contributed by atoms with E-state index >= 15 is 0 Å². The van der Waals surface area contributed by atoms with E-state index in [4.69, 9.17) is 0 Å². The van der Waals surface area contributed by atoms with Crippen molar-refractivity contribution >= 4 is 28.2 Å². The average molecular weight is 347 g/mol. The van der Waals surface area contributed by atoms with E-state index in [0.29, 0.717) is 12.1 Å². The second kappa shape index (κ2) is 7.44. The van der Waals surface area contributed by atoms with Crippen LogP contribution >= 0.6 is 12.4 Å². The maximum Gasteiger partial charge on any atom is 0.251 e. The number of halogens is 1. The van der Waals surface area contributed by atoms with Crippen molar-refractivity contribution in [2.45, 2.75) is 24.7 Å². The van der Waals surface area contributed by atoms with Gasteiger partial charge in [0.2, 0.25) is 0 Å². The van der Waals surface area contributed by atoms with Gasteiger partial charge in [-0.15, -0.1) is 12.4 Å². The second-order valence-corrected chi connectivity index (χ2v) is 8.06. The third-order valence-electron chi connectivity index (χ3n) is 4.03. The number of amides is 1. The van der Waals surface area contributed by atoms with Gasteiger partial charge in [-0.25, -0.2) is 8.42 Å². The fraction of sp³-hybridized carbons (Fsp3) is 0.533. The minimum atomic E-state index is -3.22. The summed E-state index contributed by atoms with van der Waals surface area (Å²) in [6, 6.07) is 6.04. The van der Waals surface area contributed by atoms with E-state index in [1.165, 1.54) is 12.1 Å². The summed E-state index contributed by atoms with van der Waals surface area (Å²) < 4.78 is 22.8. The minimum Gasteiger partial charge on any atom is -0.351 e. The number of nitrogens with one attached hydrogen (secondary N) is 2. The first-order chi connectivity index (χ1) is 9.80. The molecule has 0 aliphatic carbocycles. The molecule has 0 radical (unpaired) electrons. The maximum atomic E-state index is 12.1. The highest BCUT2D eigenvalue weighted by Crippen LogP contribution is 2.26. The van der Waals surface area contributed by atoms with E-state index in [1.54, 1.807) is 12.1 Å². The lowest BCUT2D eigenvalue weighted by molar-refractivity contribution is 0.0922. The van der Waals surface area contributed by atoms with Gasteiger partial charge in [0.05, 0.1) is 4.90 Å². The quantitative estimate of drug-likeness (QED) is 0.869. The van der Waals surface area contributed by atoms with Crippen LogP contribution in [0.15, 0.2) is 29.2 Å². The number of benzene rings is 1. The number of rotatable bonds is 4. The summed E-state index contributed by atoms with van der Waals surface area (Å²) in [4.78, 5) is 12.3. The number of carbonyl (C=O) groups is 1. The van der Waals surface area contributed by atoms with E-state index in [9.17, 15) is 13.2 Å². The zero-order valence-electron chi connectivity index (χ0n) is 12.9. The van der Waals surface area contributed by atoms with Gasteiger partial charge < -0.3 is 10.6 Å². The predicted octanol–water partition coefficient (Wildman–Crippen LogP) is 1.63. The molecule has 1 saturated heterocycles. The Labute approximate surface area is 138 Å². The van der Waals surface area contributed by atoms with Gasteiger partial charge in [-0.1, -0.05) is 6.92 Å². The first-order valence-corrected chi connectivity index (χ1v) is 8.98. The van der Waals surface area contributed by atoms with Gasteiger partial charge in [0.1, 0.15) is 0 Å². The van der Waals surface area contributed by atoms with E-state index in [1.807, 2.05) is 0 Å². The Morgan fingerprint density at radius 2 is 1.77 bits per heavy atom. The number of hydrogen-bond donors (Lipinski definition) is 2. The molecule has 1 aliphatic heterocycles. The lowest BCUT2D eigenvalue weighted by Crippen LogP contribution is -2.42. The van der Waals surface area contributed by atoms with Crippen LogP contribution in [0.2, 0.25) is 0 Å². The molecule has 1 aromatic carbocycles. The first-order valence-electron chi connectivity index (χ1n) is 7.09. The molecule has 1 amide bonds.